The SMILES string of the molecule is C[C@@H]1CCO[C@@H]1C(=O)N1CCC(Oc2ccnc(C(N)=O)c2)CC1. The zero-order valence-corrected chi connectivity index (χ0v) is 13.8. The van der Waals surface area contributed by atoms with Gasteiger partial charge in [-0.2, -0.15) is 0 Å². The highest BCUT2D eigenvalue weighted by molar-refractivity contribution is 5.91. The Kier molecular flexibility index (Phi) is 4.99. The lowest BCUT2D eigenvalue weighted by Gasteiger charge is -2.34. The fourth-order valence-electron chi connectivity index (χ4n) is 3.20. The maximum Gasteiger partial charge on any atom is 0.267 e. The van der Waals surface area contributed by atoms with Crippen molar-refractivity contribution < 1.29 is 19.1 Å². The molecule has 1 aromatic rings. The molecule has 2 fully saturated rings. The molecule has 24 heavy (non-hydrogen) atoms. The highest BCUT2D eigenvalue weighted by Gasteiger charge is 2.35. The van der Waals surface area contributed by atoms with Gasteiger partial charge in [-0.3, -0.25) is 14.6 Å². The minimum Gasteiger partial charge on any atom is -0.490 e. The molecule has 3 heterocycles. The molecule has 0 radical (unpaired) electrons. The first kappa shape index (κ1) is 16.7. The minimum atomic E-state index is -0.577. The molecular formula is C17H23N3O4. The third-order valence-electron chi connectivity index (χ3n) is 4.67. The molecule has 0 unspecified atom stereocenters. The Hall–Kier alpha value is -2.15. The second kappa shape index (κ2) is 7.17. The lowest BCUT2D eigenvalue weighted by atomic mass is 10.0. The number of nitrogens with zero attached hydrogens (tertiary/aromatic N) is 2. The van der Waals surface area contributed by atoms with Gasteiger partial charge < -0.3 is 20.1 Å². The monoisotopic (exact) mass is 333 g/mol. The van der Waals surface area contributed by atoms with Crippen LogP contribution >= 0.6 is 0 Å². The summed E-state index contributed by atoms with van der Waals surface area (Å²) >= 11 is 0. The van der Waals surface area contributed by atoms with Crippen LogP contribution in [0.25, 0.3) is 0 Å². The predicted octanol–water partition coefficient (Wildman–Crippen LogP) is 0.975. The van der Waals surface area contributed by atoms with E-state index in [1.165, 1.54) is 6.20 Å². The third kappa shape index (κ3) is 3.67. The molecule has 0 aromatic carbocycles. The van der Waals surface area contributed by atoms with Crippen molar-refractivity contribution in [3.05, 3.63) is 24.0 Å². The zero-order chi connectivity index (χ0) is 17.1. The Bertz CT molecular complexity index is 614. The Balaban J connectivity index is 1.53. The lowest BCUT2D eigenvalue weighted by Crippen LogP contribution is -2.47. The van der Waals surface area contributed by atoms with Gasteiger partial charge in [0, 0.05) is 44.8 Å². The average molecular weight is 333 g/mol. The van der Waals surface area contributed by atoms with E-state index in [9.17, 15) is 9.59 Å². The molecule has 0 aliphatic carbocycles. The molecule has 2 N–H and O–H groups in total. The Labute approximate surface area is 141 Å². The van der Waals surface area contributed by atoms with E-state index in [1.54, 1.807) is 12.1 Å². The topological polar surface area (TPSA) is 94.8 Å². The molecule has 0 bridgehead atoms. The van der Waals surface area contributed by atoms with Crippen molar-refractivity contribution in [2.24, 2.45) is 11.7 Å². The van der Waals surface area contributed by atoms with Crippen molar-refractivity contribution in [1.29, 1.82) is 0 Å². The molecule has 2 aliphatic heterocycles. The number of rotatable bonds is 4. The van der Waals surface area contributed by atoms with Crippen LogP contribution in [-0.2, 0) is 9.53 Å². The van der Waals surface area contributed by atoms with Crippen molar-refractivity contribution in [1.82, 2.24) is 9.88 Å². The van der Waals surface area contributed by atoms with E-state index in [0.29, 0.717) is 25.4 Å². The number of nitrogens with two attached hydrogens (primary N) is 1. The van der Waals surface area contributed by atoms with E-state index in [1.807, 2.05) is 4.90 Å². The van der Waals surface area contributed by atoms with Crippen molar-refractivity contribution in [3.8, 4) is 5.75 Å². The number of piperidine rings is 1. The van der Waals surface area contributed by atoms with Crippen LogP contribution in [0.3, 0.4) is 0 Å². The predicted molar refractivity (Wildman–Crippen MR) is 86.5 cm³/mol. The molecule has 1 aromatic heterocycles. The number of carbonyl (C=O) groups is 2. The van der Waals surface area contributed by atoms with Crippen LogP contribution in [0, 0.1) is 5.92 Å². The van der Waals surface area contributed by atoms with E-state index < -0.39 is 5.91 Å². The number of carbonyl (C=O) groups excluding carboxylic acids is 2. The molecule has 130 valence electrons. The number of hydrogen-bond acceptors (Lipinski definition) is 5. The van der Waals surface area contributed by atoms with Gasteiger partial charge in [-0.15, -0.1) is 0 Å². The van der Waals surface area contributed by atoms with Crippen molar-refractivity contribution in [2.45, 2.75) is 38.4 Å². The summed E-state index contributed by atoms with van der Waals surface area (Å²) < 4.78 is 11.5. The van der Waals surface area contributed by atoms with E-state index in [-0.39, 0.29) is 29.7 Å². The number of primary amides is 1. The second-order valence-corrected chi connectivity index (χ2v) is 6.44. The summed E-state index contributed by atoms with van der Waals surface area (Å²) in [6.07, 6.45) is 3.68. The summed E-state index contributed by atoms with van der Waals surface area (Å²) in [4.78, 5) is 29.4. The van der Waals surface area contributed by atoms with Crippen LogP contribution in [0.1, 0.15) is 36.7 Å². The van der Waals surface area contributed by atoms with Gasteiger partial charge in [-0.1, -0.05) is 6.92 Å². The summed E-state index contributed by atoms with van der Waals surface area (Å²) in [5.41, 5.74) is 5.41. The van der Waals surface area contributed by atoms with E-state index in [0.717, 1.165) is 19.3 Å². The normalized spacial score (nSPS) is 24.8. The molecule has 2 aliphatic rings. The lowest BCUT2D eigenvalue weighted by molar-refractivity contribution is -0.144. The number of likely N-dealkylation sites (tertiary alicyclic amines) is 1. The quantitative estimate of drug-likeness (QED) is 0.886. The van der Waals surface area contributed by atoms with Crippen LogP contribution in [0.5, 0.6) is 5.75 Å². The zero-order valence-electron chi connectivity index (χ0n) is 13.8. The summed E-state index contributed by atoms with van der Waals surface area (Å²) in [5.74, 6) is 0.386. The number of amides is 2. The van der Waals surface area contributed by atoms with Crippen molar-refractivity contribution in [2.75, 3.05) is 19.7 Å². The van der Waals surface area contributed by atoms with Gasteiger partial charge in [-0.05, 0) is 18.4 Å². The van der Waals surface area contributed by atoms with Crippen LogP contribution in [0.15, 0.2) is 18.3 Å². The second-order valence-electron chi connectivity index (χ2n) is 6.44. The standard InChI is InChI=1S/C17H23N3O4/c1-11-5-9-23-15(11)17(22)20-7-3-12(4-8-20)24-13-2-6-19-14(10-13)16(18)21/h2,6,10-12,15H,3-5,7-9H2,1H3,(H2,18,21)/t11-,15+/m1/s1. The third-order valence-corrected chi connectivity index (χ3v) is 4.67. The smallest absolute Gasteiger partial charge is 0.267 e. The van der Waals surface area contributed by atoms with E-state index in [2.05, 4.69) is 11.9 Å². The number of aromatic nitrogens is 1. The maximum absolute atomic E-state index is 12.5. The first-order valence-corrected chi connectivity index (χ1v) is 8.37. The fraction of sp³-hybridized carbons (Fsp3) is 0.588. The largest absolute Gasteiger partial charge is 0.490 e. The Morgan fingerprint density at radius 1 is 1.33 bits per heavy atom. The van der Waals surface area contributed by atoms with Gasteiger partial charge in [0.25, 0.3) is 11.8 Å². The first-order valence-electron chi connectivity index (χ1n) is 8.37. The molecule has 7 heteroatoms. The summed E-state index contributed by atoms with van der Waals surface area (Å²) in [6.45, 7) is 4.04. The highest BCUT2D eigenvalue weighted by Crippen LogP contribution is 2.25. The molecule has 7 nitrogen and oxygen atoms in total. The summed E-state index contributed by atoms with van der Waals surface area (Å²) in [6, 6.07) is 3.26. The molecule has 0 saturated carbocycles. The summed E-state index contributed by atoms with van der Waals surface area (Å²) in [5, 5.41) is 0. The van der Waals surface area contributed by atoms with Gasteiger partial charge in [-0.25, -0.2) is 0 Å². The molecule has 3 rings (SSSR count). The first-order chi connectivity index (χ1) is 11.5. The maximum atomic E-state index is 12.5. The van der Waals surface area contributed by atoms with E-state index >= 15 is 0 Å². The van der Waals surface area contributed by atoms with Crippen molar-refractivity contribution in [3.63, 3.8) is 0 Å². The number of ether oxygens (including phenoxy) is 2. The minimum absolute atomic E-state index is 0.0131. The fourth-order valence-corrected chi connectivity index (χ4v) is 3.20. The van der Waals surface area contributed by atoms with Gasteiger partial charge in [0.1, 0.15) is 23.7 Å². The number of pyridine rings is 1. The van der Waals surface area contributed by atoms with Crippen LogP contribution in [0.4, 0.5) is 0 Å². The number of hydrogen-bond donors (Lipinski definition) is 1. The highest BCUT2D eigenvalue weighted by atomic mass is 16.5. The Morgan fingerprint density at radius 2 is 2.08 bits per heavy atom. The summed E-state index contributed by atoms with van der Waals surface area (Å²) in [7, 11) is 0. The molecule has 2 amide bonds. The molecule has 0 spiro atoms. The van der Waals surface area contributed by atoms with Gasteiger partial charge in [0.05, 0.1) is 0 Å². The van der Waals surface area contributed by atoms with Crippen molar-refractivity contribution >= 4 is 11.8 Å². The van der Waals surface area contributed by atoms with Crippen LogP contribution in [-0.4, -0.2) is 53.6 Å². The molecule has 2 atom stereocenters. The molecule has 2 saturated heterocycles. The Morgan fingerprint density at radius 3 is 2.71 bits per heavy atom. The van der Waals surface area contributed by atoms with Crippen LogP contribution in [0.2, 0.25) is 0 Å². The van der Waals surface area contributed by atoms with Gasteiger partial charge in [0.2, 0.25) is 0 Å². The van der Waals surface area contributed by atoms with Gasteiger partial charge >= 0.3 is 0 Å². The van der Waals surface area contributed by atoms with E-state index in [4.69, 9.17) is 15.2 Å². The van der Waals surface area contributed by atoms with Crippen LogP contribution < -0.4 is 10.5 Å². The average Bonchev–Trinajstić information content (AvgIpc) is 3.01. The molecular weight excluding hydrogens is 310 g/mol. The van der Waals surface area contributed by atoms with Gasteiger partial charge in [0.15, 0.2) is 0 Å².